The van der Waals surface area contributed by atoms with Crippen LogP contribution in [-0.4, -0.2) is 12.1 Å². The van der Waals surface area contributed by atoms with Crippen LogP contribution in [0.2, 0.25) is 0 Å². The van der Waals surface area contributed by atoms with Crippen LogP contribution in [0, 0.1) is 0 Å². The third-order valence-corrected chi connectivity index (χ3v) is 3.77. The van der Waals surface area contributed by atoms with Crippen molar-refractivity contribution < 1.29 is 9.47 Å². The molecule has 0 radical (unpaired) electrons. The van der Waals surface area contributed by atoms with E-state index >= 15 is 0 Å². The molecule has 1 heterocycles. The SMILES string of the molecule is COc1cc2sc(N)nc2cc1OCc1ccccc1. The Balaban J connectivity index is 1.89. The Morgan fingerprint density at radius 2 is 1.95 bits per heavy atom. The Morgan fingerprint density at radius 1 is 1.15 bits per heavy atom. The van der Waals surface area contributed by atoms with E-state index in [0.717, 1.165) is 15.8 Å². The van der Waals surface area contributed by atoms with Gasteiger partial charge in [0.25, 0.3) is 0 Å². The maximum absolute atomic E-state index is 5.83. The van der Waals surface area contributed by atoms with Crippen LogP contribution in [-0.2, 0) is 6.61 Å². The third-order valence-electron chi connectivity index (χ3n) is 2.93. The monoisotopic (exact) mass is 286 g/mol. The molecule has 2 aromatic carbocycles. The zero-order valence-electron chi connectivity index (χ0n) is 11.0. The number of thiazole rings is 1. The number of hydrogen-bond donors (Lipinski definition) is 1. The summed E-state index contributed by atoms with van der Waals surface area (Å²) in [6.45, 7) is 0.488. The lowest BCUT2D eigenvalue weighted by molar-refractivity contribution is 0.285. The van der Waals surface area contributed by atoms with Gasteiger partial charge < -0.3 is 15.2 Å². The van der Waals surface area contributed by atoms with E-state index in [9.17, 15) is 0 Å². The summed E-state index contributed by atoms with van der Waals surface area (Å²) in [6.07, 6.45) is 0. The van der Waals surface area contributed by atoms with Crippen LogP contribution in [0.4, 0.5) is 5.13 Å². The van der Waals surface area contributed by atoms with Crippen LogP contribution in [0.1, 0.15) is 5.56 Å². The van der Waals surface area contributed by atoms with Crippen LogP contribution < -0.4 is 15.2 Å². The van der Waals surface area contributed by atoms with Crippen molar-refractivity contribution in [1.29, 1.82) is 0 Å². The molecule has 0 atom stereocenters. The summed E-state index contributed by atoms with van der Waals surface area (Å²) >= 11 is 1.44. The molecule has 0 saturated heterocycles. The van der Waals surface area contributed by atoms with Crippen molar-refractivity contribution in [2.45, 2.75) is 6.61 Å². The van der Waals surface area contributed by atoms with E-state index in [2.05, 4.69) is 4.98 Å². The van der Waals surface area contributed by atoms with Gasteiger partial charge >= 0.3 is 0 Å². The number of nitrogens with two attached hydrogens (primary N) is 1. The molecule has 0 saturated carbocycles. The molecule has 0 aliphatic rings. The number of hydrogen-bond acceptors (Lipinski definition) is 5. The average molecular weight is 286 g/mol. The molecular formula is C15H14N2O2S. The first kappa shape index (κ1) is 12.7. The number of methoxy groups -OCH3 is 1. The number of nitrogens with zero attached hydrogens (tertiary/aromatic N) is 1. The number of ether oxygens (including phenoxy) is 2. The number of benzene rings is 2. The summed E-state index contributed by atoms with van der Waals surface area (Å²) in [4.78, 5) is 4.26. The van der Waals surface area contributed by atoms with Gasteiger partial charge in [-0.1, -0.05) is 41.7 Å². The maximum Gasteiger partial charge on any atom is 0.181 e. The minimum atomic E-state index is 0.488. The summed E-state index contributed by atoms with van der Waals surface area (Å²) in [6, 6.07) is 13.8. The summed E-state index contributed by atoms with van der Waals surface area (Å²) in [5.41, 5.74) is 7.66. The molecule has 20 heavy (non-hydrogen) atoms. The van der Waals surface area contributed by atoms with E-state index in [1.54, 1.807) is 7.11 Å². The molecule has 2 N–H and O–H groups in total. The van der Waals surface area contributed by atoms with Gasteiger partial charge in [0.1, 0.15) is 6.61 Å². The number of fused-ring (bicyclic) bond motifs is 1. The molecule has 0 fully saturated rings. The number of rotatable bonds is 4. The molecule has 0 amide bonds. The second kappa shape index (κ2) is 5.38. The number of nitrogen functional groups attached to an aromatic ring is 1. The molecule has 0 bridgehead atoms. The van der Waals surface area contributed by atoms with E-state index in [0.29, 0.717) is 23.2 Å². The minimum absolute atomic E-state index is 0.488. The van der Waals surface area contributed by atoms with Gasteiger partial charge in [-0.25, -0.2) is 4.98 Å². The van der Waals surface area contributed by atoms with Crippen LogP contribution in [0.25, 0.3) is 10.2 Å². The first-order chi connectivity index (χ1) is 9.76. The lowest BCUT2D eigenvalue weighted by atomic mass is 10.2. The van der Waals surface area contributed by atoms with Crippen molar-refractivity contribution in [2.75, 3.05) is 12.8 Å². The van der Waals surface area contributed by atoms with Gasteiger partial charge in [-0.15, -0.1) is 0 Å². The van der Waals surface area contributed by atoms with E-state index in [-0.39, 0.29) is 0 Å². The normalized spacial score (nSPS) is 10.7. The summed E-state index contributed by atoms with van der Waals surface area (Å²) < 4.78 is 12.2. The Kier molecular flexibility index (Phi) is 3.43. The predicted octanol–water partition coefficient (Wildman–Crippen LogP) is 3.47. The maximum atomic E-state index is 5.83. The van der Waals surface area contributed by atoms with Crippen LogP contribution >= 0.6 is 11.3 Å². The van der Waals surface area contributed by atoms with Gasteiger partial charge in [0.15, 0.2) is 16.6 Å². The van der Waals surface area contributed by atoms with Gasteiger partial charge in [-0.05, 0) is 5.56 Å². The topological polar surface area (TPSA) is 57.4 Å². The highest BCUT2D eigenvalue weighted by Gasteiger charge is 2.10. The second-order valence-electron chi connectivity index (χ2n) is 4.30. The highest BCUT2D eigenvalue weighted by molar-refractivity contribution is 7.22. The van der Waals surface area contributed by atoms with Gasteiger partial charge in [0, 0.05) is 12.1 Å². The van der Waals surface area contributed by atoms with E-state index in [1.807, 2.05) is 42.5 Å². The molecule has 3 aromatic rings. The van der Waals surface area contributed by atoms with Gasteiger partial charge in [0.2, 0.25) is 0 Å². The second-order valence-corrected chi connectivity index (χ2v) is 5.36. The highest BCUT2D eigenvalue weighted by atomic mass is 32.1. The lowest BCUT2D eigenvalue weighted by Crippen LogP contribution is -1.97. The first-order valence-corrected chi connectivity index (χ1v) is 6.98. The van der Waals surface area contributed by atoms with Gasteiger partial charge in [0.05, 0.1) is 17.3 Å². The van der Waals surface area contributed by atoms with Crippen molar-refractivity contribution in [1.82, 2.24) is 4.98 Å². The minimum Gasteiger partial charge on any atom is -0.493 e. The van der Waals surface area contributed by atoms with Gasteiger partial charge in [-0.3, -0.25) is 0 Å². The molecule has 4 nitrogen and oxygen atoms in total. The van der Waals surface area contributed by atoms with E-state index in [1.165, 1.54) is 11.3 Å². The zero-order chi connectivity index (χ0) is 13.9. The smallest absolute Gasteiger partial charge is 0.181 e. The Labute approximate surface area is 120 Å². The Bertz CT molecular complexity index is 725. The van der Waals surface area contributed by atoms with E-state index in [4.69, 9.17) is 15.2 Å². The summed E-state index contributed by atoms with van der Waals surface area (Å²) in [5.74, 6) is 1.37. The lowest BCUT2D eigenvalue weighted by Gasteiger charge is -2.10. The largest absolute Gasteiger partial charge is 0.493 e. The Hall–Kier alpha value is -2.27. The highest BCUT2D eigenvalue weighted by Crippen LogP contribution is 2.35. The molecule has 0 unspecified atom stereocenters. The standard InChI is InChI=1S/C15H14N2O2S/c1-18-12-8-14-11(17-15(16)20-14)7-13(12)19-9-10-5-3-2-4-6-10/h2-8H,9H2,1H3,(H2,16,17). The van der Waals surface area contributed by atoms with Crippen molar-refractivity contribution >= 4 is 26.7 Å². The summed E-state index contributed by atoms with van der Waals surface area (Å²) in [5, 5.41) is 0.544. The van der Waals surface area contributed by atoms with Crippen molar-refractivity contribution in [3.8, 4) is 11.5 Å². The average Bonchev–Trinajstić information content (AvgIpc) is 2.84. The van der Waals surface area contributed by atoms with Crippen LogP contribution in [0.3, 0.4) is 0 Å². The fourth-order valence-electron chi connectivity index (χ4n) is 1.96. The number of aromatic nitrogens is 1. The van der Waals surface area contributed by atoms with Gasteiger partial charge in [-0.2, -0.15) is 0 Å². The molecule has 102 valence electrons. The van der Waals surface area contributed by atoms with Crippen molar-refractivity contribution in [3.63, 3.8) is 0 Å². The fourth-order valence-corrected chi connectivity index (χ4v) is 2.71. The zero-order valence-corrected chi connectivity index (χ0v) is 11.8. The van der Waals surface area contributed by atoms with Crippen molar-refractivity contribution in [2.24, 2.45) is 0 Å². The molecule has 0 aliphatic heterocycles. The molecule has 1 aromatic heterocycles. The molecular weight excluding hydrogens is 272 g/mol. The summed E-state index contributed by atoms with van der Waals surface area (Å²) in [7, 11) is 1.63. The first-order valence-electron chi connectivity index (χ1n) is 6.17. The number of anilines is 1. The molecule has 5 heteroatoms. The Morgan fingerprint density at radius 3 is 2.70 bits per heavy atom. The third kappa shape index (κ3) is 2.53. The molecule has 3 rings (SSSR count). The van der Waals surface area contributed by atoms with Crippen LogP contribution in [0.15, 0.2) is 42.5 Å². The predicted molar refractivity (Wildman–Crippen MR) is 81.4 cm³/mol. The quantitative estimate of drug-likeness (QED) is 0.798. The van der Waals surface area contributed by atoms with E-state index < -0.39 is 0 Å². The van der Waals surface area contributed by atoms with Crippen molar-refractivity contribution in [3.05, 3.63) is 48.0 Å². The molecule has 0 spiro atoms. The molecule has 0 aliphatic carbocycles. The van der Waals surface area contributed by atoms with Crippen LogP contribution in [0.5, 0.6) is 11.5 Å². The fraction of sp³-hybridized carbons (Fsp3) is 0.133.